The lowest BCUT2D eigenvalue weighted by molar-refractivity contribution is -0.143. The Morgan fingerprint density at radius 3 is 2.76 bits per heavy atom. The van der Waals surface area contributed by atoms with Crippen molar-refractivity contribution in [1.29, 1.82) is 0 Å². The van der Waals surface area contributed by atoms with E-state index in [4.69, 9.17) is 12.2 Å². The van der Waals surface area contributed by atoms with Gasteiger partial charge < -0.3 is 5.11 Å². The average molecular weight is 323 g/mol. The lowest BCUT2D eigenvalue weighted by atomic mass is 9.92. The molecule has 1 saturated heterocycles. The molecule has 0 aromatic heterocycles. The fourth-order valence-electron chi connectivity index (χ4n) is 2.69. The van der Waals surface area contributed by atoms with Gasteiger partial charge in [-0.15, -0.1) is 11.8 Å². The predicted octanol–water partition coefficient (Wildman–Crippen LogP) is 3.43. The van der Waals surface area contributed by atoms with Gasteiger partial charge in [0.15, 0.2) is 0 Å². The summed E-state index contributed by atoms with van der Waals surface area (Å²) in [6.07, 6.45) is 1.37. The van der Waals surface area contributed by atoms with Crippen molar-refractivity contribution in [2.24, 2.45) is 5.92 Å². The van der Waals surface area contributed by atoms with Gasteiger partial charge in [-0.3, -0.25) is 9.69 Å². The lowest BCUT2D eigenvalue weighted by Gasteiger charge is -2.37. The van der Waals surface area contributed by atoms with E-state index >= 15 is 0 Å². The van der Waals surface area contributed by atoms with Crippen molar-refractivity contribution in [3.05, 3.63) is 35.9 Å². The topological polar surface area (TPSA) is 40.5 Å². The number of likely N-dealkylation sites (tertiary alicyclic amines) is 1. The molecule has 0 radical (unpaired) electrons. The quantitative estimate of drug-likeness (QED) is 0.841. The Bertz CT molecular complexity index is 492. The molecule has 2 atom stereocenters. The highest BCUT2D eigenvalue weighted by Gasteiger charge is 2.33. The second-order valence-corrected chi connectivity index (χ2v) is 7.01. The number of hydrogen-bond donors (Lipinski definition) is 1. The van der Waals surface area contributed by atoms with Gasteiger partial charge in [-0.05, 0) is 31.5 Å². The van der Waals surface area contributed by atoms with Gasteiger partial charge in [0.1, 0.15) is 0 Å². The molecule has 1 aromatic carbocycles. The van der Waals surface area contributed by atoms with E-state index in [0.717, 1.165) is 29.5 Å². The highest BCUT2D eigenvalue weighted by atomic mass is 32.2. The van der Waals surface area contributed by atoms with E-state index in [2.05, 4.69) is 24.0 Å². The molecule has 0 spiro atoms. The molecule has 0 amide bonds. The van der Waals surface area contributed by atoms with E-state index in [9.17, 15) is 9.90 Å². The summed E-state index contributed by atoms with van der Waals surface area (Å²) in [6.45, 7) is 3.85. The summed E-state index contributed by atoms with van der Waals surface area (Å²) in [7, 11) is 0. The molecule has 2 rings (SSSR count). The zero-order valence-electron chi connectivity index (χ0n) is 12.2. The first kappa shape index (κ1) is 16.5. The van der Waals surface area contributed by atoms with E-state index in [1.807, 2.05) is 18.2 Å². The zero-order valence-corrected chi connectivity index (χ0v) is 13.8. The third-order valence-corrected chi connectivity index (χ3v) is 5.62. The molecule has 1 fully saturated rings. The van der Waals surface area contributed by atoms with Gasteiger partial charge in [0.2, 0.25) is 0 Å². The second-order valence-electron chi connectivity index (χ2n) is 5.30. The van der Waals surface area contributed by atoms with Crippen molar-refractivity contribution in [3.8, 4) is 0 Å². The molecular formula is C16H21NO2S2. The van der Waals surface area contributed by atoms with Gasteiger partial charge in [-0.2, -0.15) is 0 Å². The van der Waals surface area contributed by atoms with Crippen LogP contribution in [0.15, 0.2) is 30.3 Å². The molecule has 0 aliphatic carbocycles. The Kier molecular flexibility index (Phi) is 6.21. The first-order chi connectivity index (χ1) is 10.1. The highest BCUT2D eigenvalue weighted by Crippen LogP contribution is 2.28. The van der Waals surface area contributed by atoms with Gasteiger partial charge in [-0.25, -0.2) is 0 Å². The van der Waals surface area contributed by atoms with Crippen molar-refractivity contribution in [1.82, 2.24) is 4.90 Å². The fraction of sp³-hybridized carbons (Fsp3) is 0.500. The molecule has 1 aliphatic rings. The van der Waals surface area contributed by atoms with Crippen LogP contribution < -0.4 is 0 Å². The monoisotopic (exact) mass is 323 g/mol. The van der Waals surface area contributed by atoms with Gasteiger partial charge in [0.05, 0.1) is 16.2 Å². The van der Waals surface area contributed by atoms with Crippen molar-refractivity contribution in [3.63, 3.8) is 0 Å². The molecule has 114 valence electrons. The van der Waals surface area contributed by atoms with Crippen LogP contribution in [0.3, 0.4) is 0 Å². The average Bonchev–Trinajstić information content (AvgIpc) is 2.52. The van der Waals surface area contributed by atoms with E-state index in [-0.39, 0.29) is 12.0 Å². The van der Waals surface area contributed by atoms with Crippen LogP contribution in [0, 0.1) is 5.92 Å². The minimum absolute atomic E-state index is 0.105. The van der Waals surface area contributed by atoms with Crippen molar-refractivity contribution in [2.45, 2.75) is 31.6 Å². The number of piperidine rings is 1. The van der Waals surface area contributed by atoms with Crippen molar-refractivity contribution >= 4 is 34.1 Å². The molecule has 0 bridgehead atoms. The summed E-state index contributed by atoms with van der Waals surface area (Å²) in [6, 6.07) is 10.3. The predicted molar refractivity (Wildman–Crippen MR) is 91.7 cm³/mol. The molecular weight excluding hydrogens is 302 g/mol. The highest BCUT2D eigenvalue weighted by molar-refractivity contribution is 8.22. The molecule has 1 aromatic rings. The molecule has 1 aliphatic heterocycles. The van der Waals surface area contributed by atoms with Crippen LogP contribution in [0.4, 0.5) is 0 Å². The van der Waals surface area contributed by atoms with E-state index in [0.29, 0.717) is 6.42 Å². The molecule has 1 heterocycles. The van der Waals surface area contributed by atoms with E-state index in [1.54, 1.807) is 11.8 Å². The van der Waals surface area contributed by atoms with Gasteiger partial charge in [0.25, 0.3) is 0 Å². The number of aliphatic carboxylic acids is 1. The first-order valence-electron chi connectivity index (χ1n) is 7.29. The summed E-state index contributed by atoms with van der Waals surface area (Å²) in [4.78, 5) is 13.5. The Hall–Kier alpha value is -0.910. The fourth-order valence-corrected chi connectivity index (χ4v) is 4.05. The van der Waals surface area contributed by atoms with Crippen LogP contribution >= 0.6 is 24.0 Å². The maximum Gasteiger partial charge on any atom is 0.306 e. The molecule has 5 heteroatoms. The van der Waals surface area contributed by atoms with Crippen LogP contribution in [0.25, 0.3) is 0 Å². The summed E-state index contributed by atoms with van der Waals surface area (Å²) < 4.78 is 0.923. The van der Waals surface area contributed by atoms with Gasteiger partial charge in [-0.1, -0.05) is 49.5 Å². The number of carbonyl (C=O) groups is 1. The number of benzene rings is 1. The lowest BCUT2D eigenvalue weighted by Crippen LogP contribution is -2.47. The maximum absolute atomic E-state index is 11.2. The number of carboxylic acids is 1. The third kappa shape index (κ3) is 4.53. The smallest absolute Gasteiger partial charge is 0.306 e. The van der Waals surface area contributed by atoms with Gasteiger partial charge in [0, 0.05) is 5.75 Å². The van der Waals surface area contributed by atoms with E-state index < -0.39 is 5.97 Å². The zero-order chi connectivity index (χ0) is 15.2. The van der Waals surface area contributed by atoms with E-state index in [1.165, 1.54) is 5.56 Å². The molecule has 3 nitrogen and oxygen atoms in total. The number of nitrogens with zero attached hydrogens (tertiary/aromatic N) is 1. The summed E-state index contributed by atoms with van der Waals surface area (Å²) >= 11 is 7.25. The van der Waals surface area contributed by atoms with Gasteiger partial charge >= 0.3 is 5.97 Å². The van der Waals surface area contributed by atoms with Crippen LogP contribution in [0.2, 0.25) is 0 Å². The van der Waals surface area contributed by atoms with Crippen LogP contribution in [-0.4, -0.2) is 39.3 Å². The summed E-state index contributed by atoms with van der Waals surface area (Å²) in [5, 5.41) is 9.24. The summed E-state index contributed by atoms with van der Waals surface area (Å²) in [5.41, 5.74) is 1.25. The van der Waals surface area contributed by atoms with Crippen molar-refractivity contribution < 1.29 is 9.90 Å². The SMILES string of the molecule is CCN1CCC(C(=O)O)CC1C(=S)SCc1ccccc1. The number of carboxylic acid groups (broad SMARTS) is 1. The Labute approximate surface area is 135 Å². The minimum atomic E-state index is -0.688. The Morgan fingerprint density at radius 2 is 2.14 bits per heavy atom. The van der Waals surface area contributed by atoms with Crippen LogP contribution in [-0.2, 0) is 10.5 Å². The summed E-state index contributed by atoms with van der Waals surface area (Å²) in [5.74, 6) is -0.0921. The van der Waals surface area contributed by atoms with Crippen molar-refractivity contribution in [2.75, 3.05) is 13.1 Å². The third-order valence-electron chi connectivity index (χ3n) is 3.96. The Balaban J connectivity index is 1.96. The Morgan fingerprint density at radius 1 is 1.43 bits per heavy atom. The number of rotatable bonds is 5. The number of thiocarbonyl (C=S) groups is 1. The standard InChI is InChI=1S/C16H21NO2S2/c1-2-17-9-8-13(15(18)19)10-14(17)16(20)21-11-12-6-4-3-5-7-12/h3-7,13-14H,2,8-11H2,1H3,(H,18,19). The normalized spacial score (nSPS) is 22.9. The van der Waals surface area contributed by atoms with Crippen LogP contribution in [0.5, 0.6) is 0 Å². The molecule has 21 heavy (non-hydrogen) atoms. The first-order valence-corrected chi connectivity index (χ1v) is 8.68. The van der Waals surface area contributed by atoms with Crippen LogP contribution in [0.1, 0.15) is 25.3 Å². The maximum atomic E-state index is 11.2. The number of hydrogen-bond acceptors (Lipinski definition) is 4. The molecule has 0 saturated carbocycles. The second kappa shape index (κ2) is 7.92. The molecule has 1 N–H and O–H groups in total. The largest absolute Gasteiger partial charge is 0.481 e. The number of thioether (sulfide) groups is 1. The molecule has 2 unspecified atom stereocenters. The minimum Gasteiger partial charge on any atom is -0.481 e.